The van der Waals surface area contributed by atoms with Gasteiger partial charge in [0.1, 0.15) is 11.6 Å². The molecule has 82 valence electrons. The molecule has 15 heavy (non-hydrogen) atoms. The Kier molecular flexibility index (Phi) is 2.05. The molecular formula is C12H16FNO. The van der Waals surface area contributed by atoms with Crippen LogP contribution in [0.4, 0.5) is 4.39 Å². The van der Waals surface area contributed by atoms with Crippen LogP contribution in [0.25, 0.3) is 0 Å². The summed E-state index contributed by atoms with van der Waals surface area (Å²) >= 11 is 0. The number of phenols is 1. The van der Waals surface area contributed by atoms with Crippen LogP contribution in [0.15, 0.2) is 18.2 Å². The Labute approximate surface area is 88.9 Å². The van der Waals surface area contributed by atoms with Gasteiger partial charge in [-0.25, -0.2) is 4.39 Å². The predicted molar refractivity (Wildman–Crippen MR) is 57.2 cm³/mol. The second-order valence-corrected chi connectivity index (χ2v) is 5.01. The van der Waals surface area contributed by atoms with Gasteiger partial charge in [0.05, 0.1) is 0 Å². The molecule has 1 aromatic rings. The van der Waals surface area contributed by atoms with Gasteiger partial charge in [0.15, 0.2) is 0 Å². The van der Waals surface area contributed by atoms with E-state index in [9.17, 15) is 4.39 Å². The summed E-state index contributed by atoms with van der Waals surface area (Å²) in [7, 11) is 0. The number of phenolic OH excluding ortho intramolecular Hbond substituents is 1. The Bertz CT molecular complexity index is 403. The summed E-state index contributed by atoms with van der Waals surface area (Å²) < 4.78 is 13.7. The van der Waals surface area contributed by atoms with E-state index in [1.54, 1.807) is 6.07 Å². The van der Waals surface area contributed by atoms with Crippen LogP contribution in [-0.4, -0.2) is 11.7 Å². The fourth-order valence-electron chi connectivity index (χ4n) is 2.52. The number of nitrogens with two attached hydrogens (primary N) is 1. The number of benzene rings is 1. The van der Waals surface area contributed by atoms with Crippen molar-refractivity contribution in [3.05, 3.63) is 29.6 Å². The maximum atomic E-state index is 13.7. The Morgan fingerprint density at radius 2 is 2.07 bits per heavy atom. The highest BCUT2D eigenvalue weighted by Gasteiger charge is 2.61. The van der Waals surface area contributed by atoms with Crippen molar-refractivity contribution in [2.45, 2.75) is 25.7 Å². The standard InChI is InChI=1S/C12H16FNO/c1-11(2)6-12(11,7-14)9-4-3-8(15)5-10(9)13/h3-5,15H,6-7,14H2,1-2H3. The van der Waals surface area contributed by atoms with Crippen molar-refractivity contribution in [1.29, 1.82) is 0 Å². The minimum atomic E-state index is -0.356. The highest BCUT2D eigenvalue weighted by molar-refractivity contribution is 5.41. The maximum Gasteiger partial charge on any atom is 0.130 e. The highest BCUT2D eigenvalue weighted by atomic mass is 19.1. The summed E-state index contributed by atoms with van der Waals surface area (Å²) in [5.74, 6) is -0.395. The van der Waals surface area contributed by atoms with Gasteiger partial charge in [-0.15, -0.1) is 0 Å². The van der Waals surface area contributed by atoms with Gasteiger partial charge in [0, 0.05) is 18.0 Å². The second-order valence-electron chi connectivity index (χ2n) is 5.01. The summed E-state index contributed by atoms with van der Waals surface area (Å²) in [5.41, 5.74) is 6.20. The lowest BCUT2D eigenvalue weighted by Crippen LogP contribution is -2.26. The Hall–Kier alpha value is -1.09. The molecule has 0 spiro atoms. The molecule has 0 heterocycles. The average Bonchev–Trinajstić information content (AvgIpc) is 2.69. The average molecular weight is 209 g/mol. The lowest BCUT2D eigenvalue weighted by Gasteiger charge is -2.19. The van der Waals surface area contributed by atoms with Crippen LogP contribution >= 0.6 is 0 Å². The third kappa shape index (κ3) is 1.34. The SMILES string of the molecule is CC1(C)CC1(CN)c1ccc(O)cc1F. The van der Waals surface area contributed by atoms with Crippen LogP contribution < -0.4 is 5.73 Å². The van der Waals surface area contributed by atoms with E-state index in [0.29, 0.717) is 12.1 Å². The van der Waals surface area contributed by atoms with Crippen LogP contribution in [0, 0.1) is 11.2 Å². The van der Waals surface area contributed by atoms with Crippen LogP contribution in [0.3, 0.4) is 0 Å². The van der Waals surface area contributed by atoms with Crippen molar-refractivity contribution in [3.8, 4) is 5.75 Å². The van der Waals surface area contributed by atoms with E-state index in [1.807, 2.05) is 0 Å². The molecule has 1 aliphatic carbocycles. The zero-order chi connectivity index (χ0) is 11.3. The molecule has 0 saturated heterocycles. The Morgan fingerprint density at radius 1 is 1.47 bits per heavy atom. The summed E-state index contributed by atoms with van der Waals surface area (Å²) in [5, 5.41) is 9.16. The normalized spacial score (nSPS) is 27.7. The summed E-state index contributed by atoms with van der Waals surface area (Å²) in [6, 6.07) is 4.32. The summed E-state index contributed by atoms with van der Waals surface area (Å²) in [6.45, 7) is 4.63. The minimum Gasteiger partial charge on any atom is -0.508 e. The fraction of sp³-hybridized carbons (Fsp3) is 0.500. The third-order valence-electron chi connectivity index (χ3n) is 3.73. The maximum absolute atomic E-state index is 13.7. The van der Waals surface area contributed by atoms with E-state index in [4.69, 9.17) is 10.8 Å². The van der Waals surface area contributed by atoms with E-state index in [2.05, 4.69) is 13.8 Å². The van der Waals surface area contributed by atoms with Crippen LogP contribution in [0.5, 0.6) is 5.75 Å². The van der Waals surface area contributed by atoms with Crippen LogP contribution in [0.2, 0.25) is 0 Å². The molecule has 2 rings (SSSR count). The van der Waals surface area contributed by atoms with Crippen molar-refractivity contribution < 1.29 is 9.50 Å². The van der Waals surface area contributed by atoms with E-state index in [-0.39, 0.29) is 22.4 Å². The highest BCUT2D eigenvalue weighted by Crippen LogP contribution is 2.64. The first-order valence-corrected chi connectivity index (χ1v) is 5.12. The summed E-state index contributed by atoms with van der Waals surface area (Å²) in [6.07, 6.45) is 0.901. The van der Waals surface area contributed by atoms with E-state index in [0.717, 1.165) is 12.5 Å². The first-order chi connectivity index (χ1) is 6.93. The molecule has 0 radical (unpaired) electrons. The zero-order valence-corrected chi connectivity index (χ0v) is 9.05. The molecule has 0 aromatic heterocycles. The second kappa shape index (κ2) is 2.95. The third-order valence-corrected chi connectivity index (χ3v) is 3.73. The molecule has 2 nitrogen and oxygen atoms in total. The fourth-order valence-corrected chi connectivity index (χ4v) is 2.52. The largest absolute Gasteiger partial charge is 0.508 e. The molecule has 1 unspecified atom stereocenters. The minimum absolute atomic E-state index is 0.0399. The topological polar surface area (TPSA) is 46.2 Å². The van der Waals surface area contributed by atoms with Gasteiger partial charge in [-0.2, -0.15) is 0 Å². The van der Waals surface area contributed by atoms with Crippen molar-refractivity contribution in [3.63, 3.8) is 0 Å². The van der Waals surface area contributed by atoms with E-state index in [1.165, 1.54) is 6.07 Å². The molecule has 0 aliphatic heterocycles. The smallest absolute Gasteiger partial charge is 0.130 e. The van der Waals surface area contributed by atoms with Gasteiger partial charge in [-0.3, -0.25) is 0 Å². The molecule has 3 heteroatoms. The summed E-state index contributed by atoms with van der Waals surface area (Å²) in [4.78, 5) is 0. The van der Waals surface area contributed by atoms with Crippen molar-refractivity contribution in [2.24, 2.45) is 11.1 Å². The van der Waals surface area contributed by atoms with Crippen LogP contribution in [-0.2, 0) is 5.41 Å². The van der Waals surface area contributed by atoms with Crippen molar-refractivity contribution >= 4 is 0 Å². The molecule has 0 bridgehead atoms. The Morgan fingerprint density at radius 3 is 2.47 bits per heavy atom. The molecule has 3 N–H and O–H groups in total. The first kappa shape index (κ1) is 10.4. The lowest BCUT2D eigenvalue weighted by molar-refractivity contribution is 0.454. The van der Waals surface area contributed by atoms with Gasteiger partial charge in [-0.1, -0.05) is 19.9 Å². The number of halogens is 1. The Balaban J connectivity index is 2.46. The molecule has 1 fully saturated rings. The quantitative estimate of drug-likeness (QED) is 0.784. The first-order valence-electron chi connectivity index (χ1n) is 5.12. The van der Waals surface area contributed by atoms with Gasteiger partial charge in [-0.05, 0) is 23.5 Å². The van der Waals surface area contributed by atoms with Gasteiger partial charge >= 0.3 is 0 Å². The van der Waals surface area contributed by atoms with Gasteiger partial charge in [0.2, 0.25) is 0 Å². The zero-order valence-electron chi connectivity index (χ0n) is 9.05. The lowest BCUT2D eigenvalue weighted by atomic mass is 9.87. The van der Waals surface area contributed by atoms with Crippen LogP contribution in [0.1, 0.15) is 25.8 Å². The van der Waals surface area contributed by atoms with Gasteiger partial charge < -0.3 is 10.8 Å². The van der Waals surface area contributed by atoms with Crippen molar-refractivity contribution in [1.82, 2.24) is 0 Å². The predicted octanol–water partition coefficient (Wildman–Crippen LogP) is 2.16. The molecule has 1 saturated carbocycles. The number of aromatic hydroxyl groups is 1. The molecular weight excluding hydrogens is 193 g/mol. The van der Waals surface area contributed by atoms with E-state index >= 15 is 0 Å². The number of hydrogen-bond donors (Lipinski definition) is 2. The molecule has 0 amide bonds. The number of hydrogen-bond acceptors (Lipinski definition) is 2. The molecule has 1 aromatic carbocycles. The number of rotatable bonds is 2. The van der Waals surface area contributed by atoms with E-state index < -0.39 is 0 Å². The van der Waals surface area contributed by atoms with Crippen molar-refractivity contribution in [2.75, 3.05) is 6.54 Å². The molecule has 1 atom stereocenters. The monoisotopic (exact) mass is 209 g/mol. The van der Waals surface area contributed by atoms with Gasteiger partial charge in [0.25, 0.3) is 0 Å². The molecule has 1 aliphatic rings.